The van der Waals surface area contributed by atoms with Gasteiger partial charge in [-0.25, -0.2) is 0 Å². The van der Waals surface area contributed by atoms with Crippen LogP contribution in [0.3, 0.4) is 0 Å². The van der Waals surface area contributed by atoms with Gasteiger partial charge in [0.25, 0.3) is 0 Å². The van der Waals surface area contributed by atoms with Gasteiger partial charge in [-0.1, -0.05) is 38.1 Å². The number of rotatable bonds is 7. The van der Waals surface area contributed by atoms with Crippen molar-refractivity contribution in [3.63, 3.8) is 0 Å². The lowest BCUT2D eigenvalue weighted by Crippen LogP contribution is -2.30. The molecule has 0 aliphatic rings. The second kappa shape index (κ2) is 7.95. The smallest absolute Gasteiger partial charge is 0.227 e. The van der Waals surface area contributed by atoms with Crippen molar-refractivity contribution in [2.45, 2.75) is 52.1 Å². The fourth-order valence-electron chi connectivity index (χ4n) is 1.91. The monoisotopic (exact) mass is 263 g/mol. The van der Waals surface area contributed by atoms with Crippen LogP contribution in [-0.4, -0.2) is 23.7 Å². The number of carbonyl (C=O) groups excluding carboxylic acids is 1. The molecule has 0 aliphatic carbocycles. The molecule has 0 radical (unpaired) electrons. The minimum atomic E-state index is -0.320. The first-order valence-corrected chi connectivity index (χ1v) is 7.13. The average molecular weight is 263 g/mol. The van der Waals surface area contributed by atoms with E-state index in [0.29, 0.717) is 13.0 Å². The Labute approximate surface area is 116 Å². The molecule has 1 aromatic rings. The zero-order valence-corrected chi connectivity index (χ0v) is 12.1. The molecule has 0 aliphatic heterocycles. The Morgan fingerprint density at radius 2 is 1.89 bits per heavy atom. The molecule has 2 atom stereocenters. The molecule has 1 amide bonds. The number of amides is 1. The van der Waals surface area contributed by atoms with Crippen molar-refractivity contribution < 1.29 is 9.90 Å². The standard InChI is InChI=1S/C16H25NO2/c1-4-13-6-8-14(9-7-13)12(3)16(19)17-11-10-15(18)5-2/h6-9,12,15,18H,4-5,10-11H2,1-3H3,(H,17,19). The number of hydrogen-bond acceptors (Lipinski definition) is 2. The maximum Gasteiger partial charge on any atom is 0.227 e. The van der Waals surface area contributed by atoms with E-state index < -0.39 is 0 Å². The first kappa shape index (κ1) is 15.7. The Morgan fingerprint density at radius 3 is 2.42 bits per heavy atom. The molecule has 0 aromatic heterocycles. The van der Waals surface area contributed by atoms with Crippen molar-refractivity contribution in [3.8, 4) is 0 Å². The molecule has 0 fully saturated rings. The molecular formula is C16H25NO2. The summed E-state index contributed by atoms with van der Waals surface area (Å²) in [6, 6.07) is 8.17. The van der Waals surface area contributed by atoms with Crippen molar-refractivity contribution in [1.82, 2.24) is 5.32 Å². The van der Waals surface area contributed by atoms with Crippen LogP contribution in [0.15, 0.2) is 24.3 Å². The van der Waals surface area contributed by atoms with E-state index in [0.717, 1.165) is 18.4 Å². The second-order valence-corrected chi connectivity index (χ2v) is 4.96. The molecule has 2 unspecified atom stereocenters. The summed E-state index contributed by atoms with van der Waals surface area (Å²) in [7, 11) is 0. The molecule has 2 N–H and O–H groups in total. The summed E-state index contributed by atoms with van der Waals surface area (Å²) < 4.78 is 0. The summed E-state index contributed by atoms with van der Waals surface area (Å²) in [5.74, 6) is -0.128. The normalized spacial score (nSPS) is 13.9. The first-order chi connectivity index (χ1) is 9.08. The molecule has 3 heteroatoms. The van der Waals surface area contributed by atoms with Crippen LogP contribution in [0.5, 0.6) is 0 Å². The molecule has 1 rings (SSSR count). The van der Waals surface area contributed by atoms with Crippen LogP contribution in [0.2, 0.25) is 0 Å². The largest absolute Gasteiger partial charge is 0.393 e. The minimum Gasteiger partial charge on any atom is -0.393 e. The van der Waals surface area contributed by atoms with Gasteiger partial charge in [-0.15, -0.1) is 0 Å². The van der Waals surface area contributed by atoms with E-state index in [1.54, 1.807) is 0 Å². The first-order valence-electron chi connectivity index (χ1n) is 7.13. The number of nitrogens with one attached hydrogen (secondary N) is 1. The summed E-state index contributed by atoms with van der Waals surface area (Å²) >= 11 is 0. The van der Waals surface area contributed by atoms with Crippen LogP contribution in [-0.2, 0) is 11.2 Å². The van der Waals surface area contributed by atoms with Gasteiger partial charge >= 0.3 is 0 Å². The Balaban J connectivity index is 2.47. The molecule has 3 nitrogen and oxygen atoms in total. The average Bonchev–Trinajstić information content (AvgIpc) is 2.46. The highest BCUT2D eigenvalue weighted by atomic mass is 16.3. The molecule has 0 bridgehead atoms. The van der Waals surface area contributed by atoms with E-state index in [1.807, 2.05) is 26.0 Å². The molecule has 19 heavy (non-hydrogen) atoms. The summed E-state index contributed by atoms with van der Waals surface area (Å²) in [5, 5.41) is 12.3. The highest BCUT2D eigenvalue weighted by molar-refractivity contribution is 5.83. The molecule has 0 spiro atoms. The van der Waals surface area contributed by atoms with Crippen LogP contribution >= 0.6 is 0 Å². The highest BCUT2D eigenvalue weighted by Crippen LogP contribution is 2.16. The third-order valence-electron chi connectivity index (χ3n) is 3.53. The van der Waals surface area contributed by atoms with Gasteiger partial charge in [-0.2, -0.15) is 0 Å². The topological polar surface area (TPSA) is 49.3 Å². The zero-order valence-electron chi connectivity index (χ0n) is 12.1. The Morgan fingerprint density at radius 1 is 1.26 bits per heavy atom. The van der Waals surface area contributed by atoms with Crippen LogP contribution < -0.4 is 5.32 Å². The van der Waals surface area contributed by atoms with Crippen LogP contribution in [0.4, 0.5) is 0 Å². The van der Waals surface area contributed by atoms with Crippen molar-refractivity contribution >= 4 is 5.91 Å². The molecule has 0 saturated carbocycles. The van der Waals surface area contributed by atoms with Crippen LogP contribution in [0.1, 0.15) is 50.7 Å². The molecule has 106 valence electrons. The van der Waals surface area contributed by atoms with Crippen molar-refractivity contribution in [2.75, 3.05) is 6.54 Å². The summed E-state index contributed by atoms with van der Waals surface area (Å²) in [6.45, 7) is 6.49. The van der Waals surface area contributed by atoms with Gasteiger partial charge in [-0.05, 0) is 37.3 Å². The van der Waals surface area contributed by atoms with E-state index in [-0.39, 0.29) is 17.9 Å². The van der Waals surface area contributed by atoms with Gasteiger partial charge in [0, 0.05) is 6.54 Å². The third kappa shape index (κ3) is 5.03. The maximum atomic E-state index is 12.0. The van der Waals surface area contributed by atoms with E-state index >= 15 is 0 Å². The number of hydrogen-bond donors (Lipinski definition) is 2. The number of benzene rings is 1. The molecular weight excluding hydrogens is 238 g/mol. The predicted molar refractivity (Wildman–Crippen MR) is 78.2 cm³/mol. The number of carbonyl (C=O) groups is 1. The summed E-state index contributed by atoms with van der Waals surface area (Å²) in [5.41, 5.74) is 2.31. The maximum absolute atomic E-state index is 12.0. The van der Waals surface area contributed by atoms with E-state index in [2.05, 4.69) is 24.4 Å². The van der Waals surface area contributed by atoms with Crippen molar-refractivity contribution in [2.24, 2.45) is 0 Å². The van der Waals surface area contributed by atoms with Crippen molar-refractivity contribution in [1.29, 1.82) is 0 Å². The number of aryl methyl sites for hydroxylation is 1. The van der Waals surface area contributed by atoms with Gasteiger partial charge in [-0.3, -0.25) is 4.79 Å². The lowest BCUT2D eigenvalue weighted by atomic mass is 9.98. The van der Waals surface area contributed by atoms with E-state index in [4.69, 9.17) is 0 Å². The second-order valence-electron chi connectivity index (χ2n) is 4.96. The Bertz CT molecular complexity index is 386. The summed E-state index contributed by atoms with van der Waals surface area (Å²) in [6.07, 6.45) is 2.03. The van der Waals surface area contributed by atoms with Gasteiger partial charge in [0.1, 0.15) is 0 Å². The van der Waals surface area contributed by atoms with Gasteiger partial charge < -0.3 is 10.4 Å². The number of aliphatic hydroxyl groups is 1. The Kier molecular flexibility index (Phi) is 6.57. The molecule has 1 aromatic carbocycles. The van der Waals surface area contributed by atoms with Crippen molar-refractivity contribution in [3.05, 3.63) is 35.4 Å². The highest BCUT2D eigenvalue weighted by Gasteiger charge is 2.14. The van der Waals surface area contributed by atoms with Crippen LogP contribution in [0.25, 0.3) is 0 Å². The quantitative estimate of drug-likeness (QED) is 0.794. The van der Waals surface area contributed by atoms with Gasteiger partial charge in [0.2, 0.25) is 5.91 Å². The molecule has 0 saturated heterocycles. The minimum absolute atomic E-state index is 0.0209. The lowest BCUT2D eigenvalue weighted by molar-refractivity contribution is -0.122. The van der Waals surface area contributed by atoms with Gasteiger partial charge in [0.15, 0.2) is 0 Å². The molecule has 0 heterocycles. The SMILES string of the molecule is CCc1ccc(C(C)C(=O)NCCC(O)CC)cc1. The lowest BCUT2D eigenvalue weighted by Gasteiger charge is -2.14. The van der Waals surface area contributed by atoms with Gasteiger partial charge in [0.05, 0.1) is 12.0 Å². The zero-order chi connectivity index (χ0) is 14.3. The fraction of sp³-hybridized carbons (Fsp3) is 0.562. The third-order valence-corrected chi connectivity index (χ3v) is 3.53. The van der Waals surface area contributed by atoms with Crippen LogP contribution in [0, 0.1) is 0 Å². The Hall–Kier alpha value is -1.35. The number of aliphatic hydroxyl groups excluding tert-OH is 1. The summed E-state index contributed by atoms with van der Waals surface area (Å²) in [4.78, 5) is 12.0. The van der Waals surface area contributed by atoms with E-state index in [1.165, 1.54) is 5.56 Å². The fourth-order valence-corrected chi connectivity index (χ4v) is 1.91. The van der Waals surface area contributed by atoms with E-state index in [9.17, 15) is 9.90 Å². The predicted octanol–water partition coefficient (Wildman–Crippen LogP) is 2.63.